The molecule has 0 bridgehead atoms. The van der Waals surface area contributed by atoms with E-state index in [4.69, 9.17) is 0 Å². The molecule has 0 spiro atoms. The fourth-order valence-corrected chi connectivity index (χ4v) is 5.67. The molecule has 0 saturated carbocycles. The van der Waals surface area contributed by atoms with Gasteiger partial charge in [-0.15, -0.1) is 11.3 Å². The number of phenolic OH excluding ortho intramolecular Hbond substituents is 1. The van der Waals surface area contributed by atoms with Gasteiger partial charge in [-0.25, -0.2) is 4.79 Å². The normalized spacial score (nSPS) is 18.1. The highest BCUT2D eigenvalue weighted by Crippen LogP contribution is 2.34. The van der Waals surface area contributed by atoms with Crippen LogP contribution in [0.2, 0.25) is 0 Å². The molecule has 1 aromatic heterocycles. The summed E-state index contributed by atoms with van der Waals surface area (Å²) in [6, 6.07) is 9.93. The molecule has 186 valence electrons. The Morgan fingerprint density at radius 1 is 1.21 bits per heavy atom. The number of hydrogen-bond acceptors (Lipinski definition) is 4. The second kappa shape index (κ2) is 13.0. The van der Waals surface area contributed by atoms with Crippen LogP contribution < -0.4 is 5.32 Å². The Morgan fingerprint density at radius 2 is 1.97 bits per heavy atom. The largest absolute Gasteiger partial charge is 0.508 e. The van der Waals surface area contributed by atoms with Crippen LogP contribution in [-0.4, -0.2) is 53.2 Å². The van der Waals surface area contributed by atoms with Crippen LogP contribution in [0.4, 0.5) is 10.5 Å². The zero-order chi connectivity index (χ0) is 24.5. The molecular formula is C28H41N3O2S. The minimum Gasteiger partial charge on any atom is -0.508 e. The molecule has 1 saturated heterocycles. The number of nitrogens with one attached hydrogen (secondary N) is 1. The molecule has 5 nitrogen and oxygen atoms in total. The van der Waals surface area contributed by atoms with Gasteiger partial charge in [-0.3, -0.25) is 0 Å². The highest BCUT2D eigenvalue weighted by atomic mass is 32.1. The first-order chi connectivity index (χ1) is 16.5. The molecule has 4 rings (SSSR count). The summed E-state index contributed by atoms with van der Waals surface area (Å²) in [5, 5.41) is 13.1. The molecule has 6 heteroatoms. The van der Waals surface area contributed by atoms with Crippen molar-refractivity contribution in [2.45, 2.75) is 72.3 Å². The Hall–Kier alpha value is -2.31. The van der Waals surface area contributed by atoms with Gasteiger partial charge >= 0.3 is 6.03 Å². The summed E-state index contributed by atoms with van der Waals surface area (Å²) >= 11 is 1.90. The lowest BCUT2D eigenvalue weighted by molar-refractivity contribution is 0.170. The summed E-state index contributed by atoms with van der Waals surface area (Å²) in [6.45, 7) is 12.0. The molecule has 0 radical (unpaired) electrons. The van der Waals surface area contributed by atoms with E-state index in [1.54, 1.807) is 6.07 Å². The standard InChI is InChI=1S/C26H35N3O2S.C2H6/c1-3-23-12-13-25(32-23)20-7-10-22(11-8-20)29(17-16-28-14-4-5-15-28)26(31)27-21-9-6-19(2)24(30)18-21;1-2/h6-7,9,12-13,18,22,30H,3-5,8,10-11,14-17H2,1-2H3,(H,27,31);1-2H3. The van der Waals surface area contributed by atoms with Gasteiger partial charge in [0.1, 0.15) is 5.75 Å². The summed E-state index contributed by atoms with van der Waals surface area (Å²) < 4.78 is 0. The molecular weight excluding hydrogens is 442 g/mol. The van der Waals surface area contributed by atoms with E-state index in [1.807, 2.05) is 49.1 Å². The summed E-state index contributed by atoms with van der Waals surface area (Å²) in [4.78, 5) is 20.6. The van der Waals surface area contributed by atoms with Crippen LogP contribution in [0.15, 0.2) is 36.4 Å². The number of phenols is 1. The highest BCUT2D eigenvalue weighted by molar-refractivity contribution is 7.13. The number of aromatic hydroxyl groups is 1. The summed E-state index contributed by atoms with van der Waals surface area (Å²) in [6.07, 6.45) is 8.81. The average molecular weight is 484 g/mol. The van der Waals surface area contributed by atoms with Crippen molar-refractivity contribution < 1.29 is 9.90 Å². The van der Waals surface area contributed by atoms with Crippen molar-refractivity contribution in [1.82, 2.24) is 9.80 Å². The van der Waals surface area contributed by atoms with Gasteiger partial charge < -0.3 is 20.2 Å². The molecule has 2 aromatic rings. The van der Waals surface area contributed by atoms with E-state index in [0.29, 0.717) is 5.69 Å². The number of rotatable bonds is 7. The Balaban J connectivity index is 0.00000158. The molecule has 1 unspecified atom stereocenters. The molecule has 2 N–H and O–H groups in total. The SMILES string of the molecule is CC.CCc1ccc(C2=CCC(N(CCN3CCCC3)C(=O)Nc3ccc(C)c(O)c3)CC2)s1. The monoisotopic (exact) mass is 483 g/mol. The van der Waals surface area contributed by atoms with Crippen molar-refractivity contribution in [1.29, 1.82) is 0 Å². The van der Waals surface area contributed by atoms with Gasteiger partial charge in [0.2, 0.25) is 0 Å². The number of hydrogen-bond donors (Lipinski definition) is 2. The third-order valence-electron chi connectivity index (χ3n) is 6.73. The Morgan fingerprint density at radius 3 is 2.59 bits per heavy atom. The predicted octanol–water partition coefficient (Wildman–Crippen LogP) is 6.92. The number of aryl methyl sites for hydroxylation is 2. The second-order valence-electron chi connectivity index (χ2n) is 8.95. The predicted molar refractivity (Wildman–Crippen MR) is 145 cm³/mol. The van der Waals surface area contributed by atoms with Crippen molar-refractivity contribution in [3.05, 3.63) is 51.7 Å². The molecule has 34 heavy (non-hydrogen) atoms. The first-order valence-corrected chi connectivity index (χ1v) is 13.7. The van der Waals surface area contributed by atoms with Crippen molar-refractivity contribution >= 4 is 28.6 Å². The minimum atomic E-state index is -0.0707. The maximum Gasteiger partial charge on any atom is 0.322 e. The van der Waals surface area contributed by atoms with Gasteiger partial charge in [0.25, 0.3) is 0 Å². The van der Waals surface area contributed by atoms with Crippen LogP contribution in [0.1, 0.15) is 68.2 Å². The number of carbonyl (C=O) groups is 1. The quantitative estimate of drug-likeness (QED) is 0.449. The van der Waals surface area contributed by atoms with Crippen LogP contribution in [-0.2, 0) is 6.42 Å². The van der Waals surface area contributed by atoms with Crippen molar-refractivity contribution in [3.63, 3.8) is 0 Å². The number of nitrogens with zero attached hydrogens (tertiary/aromatic N) is 2. The van der Waals surface area contributed by atoms with Gasteiger partial charge in [0, 0.05) is 40.6 Å². The number of thiophene rings is 1. The van der Waals surface area contributed by atoms with E-state index >= 15 is 0 Å². The number of urea groups is 1. The van der Waals surface area contributed by atoms with Crippen molar-refractivity contribution in [2.75, 3.05) is 31.5 Å². The van der Waals surface area contributed by atoms with Crippen LogP contribution in [0.5, 0.6) is 5.75 Å². The highest BCUT2D eigenvalue weighted by Gasteiger charge is 2.27. The van der Waals surface area contributed by atoms with E-state index < -0.39 is 0 Å². The van der Waals surface area contributed by atoms with E-state index in [1.165, 1.54) is 28.2 Å². The number of carbonyl (C=O) groups excluding carboxylic acids is 1. The zero-order valence-corrected chi connectivity index (χ0v) is 22.1. The van der Waals surface area contributed by atoms with Crippen LogP contribution >= 0.6 is 11.3 Å². The number of benzene rings is 1. The third kappa shape index (κ3) is 6.86. The molecule has 1 atom stereocenters. The summed E-state index contributed by atoms with van der Waals surface area (Å²) in [7, 11) is 0. The maximum atomic E-state index is 13.3. The van der Waals surface area contributed by atoms with Crippen LogP contribution in [0, 0.1) is 6.92 Å². The van der Waals surface area contributed by atoms with Gasteiger partial charge in [-0.05, 0) is 87.9 Å². The first-order valence-electron chi connectivity index (χ1n) is 12.9. The molecule has 1 aliphatic heterocycles. The minimum absolute atomic E-state index is 0.0707. The van der Waals surface area contributed by atoms with E-state index in [0.717, 1.165) is 57.4 Å². The number of amides is 2. The number of anilines is 1. The molecule has 2 amide bonds. The van der Waals surface area contributed by atoms with Crippen LogP contribution in [0.25, 0.3) is 5.57 Å². The molecule has 2 aliphatic rings. The molecule has 1 fully saturated rings. The van der Waals surface area contributed by atoms with E-state index in [2.05, 4.69) is 35.3 Å². The molecule has 1 aliphatic carbocycles. The summed E-state index contributed by atoms with van der Waals surface area (Å²) in [5.41, 5.74) is 2.87. The lowest BCUT2D eigenvalue weighted by Crippen LogP contribution is -2.46. The van der Waals surface area contributed by atoms with Gasteiger partial charge in [-0.1, -0.05) is 32.9 Å². The molecule has 2 heterocycles. The lowest BCUT2D eigenvalue weighted by atomic mass is 9.93. The van der Waals surface area contributed by atoms with Crippen LogP contribution in [0.3, 0.4) is 0 Å². The Kier molecular flexibility index (Phi) is 10.0. The second-order valence-corrected chi connectivity index (χ2v) is 10.1. The van der Waals surface area contributed by atoms with E-state index in [9.17, 15) is 9.90 Å². The van der Waals surface area contributed by atoms with Gasteiger partial charge in [0.05, 0.1) is 0 Å². The van der Waals surface area contributed by atoms with Gasteiger partial charge in [0.15, 0.2) is 0 Å². The van der Waals surface area contributed by atoms with Crippen molar-refractivity contribution in [3.8, 4) is 5.75 Å². The van der Waals surface area contributed by atoms with Gasteiger partial charge in [-0.2, -0.15) is 0 Å². The Labute approximate surface area is 209 Å². The third-order valence-corrected chi connectivity index (χ3v) is 8.03. The summed E-state index contributed by atoms with van der Waals surface area (Å²) in [5.74, 6) is 0.207. The number of allylic oxidation sites excluding steroid dienone is 1. The number of likely N-dealkylation sites (tertiary alicyclic amines) is 1. The van der Waals surface area contributed by atoms with Crippen molar-refractivity contribution in [2.24, 2.45) is 0 Å². The molecule has 1 aromatic carbocycles. The lowest BCUT2D eigenvalue weighted by Gasteiger charge is -2.35. The Bertz CT molecular complexity index is 962. The smallest absolute Gasteiger partial charge is 0.322 e. The zero-order valence-electron chi connectivity index (χ0n) is 21.3. The maximum absolute atomic E-state index is 13.3. The van der Waals surface area contributed by atoms with E-state index in [-0.39, 0.29) is 17.8 Å². The fraction of sp³-hybridized carbons (Fsp3) is 0.536. The first kappa shape index (κ1) is 26.3. The topological polar surface area (TPSA) is 55.8 Å². The fourth-order valence-electron chi connectivity index (χ4n) is 4.66. The average Bonchev–Trinajstić information content (AvgIpc) is 3.56.